The molecule has 134 valence electrons. The molecule has 0 radical (unpaired) electrons. The summed E-state index contributed by atoms with van der Waals surface area (Å²) in [5.41, 5.74) is 1.42. The number of carbonyl (C=O) groups is 1. The van der Waals surface area contributed by atoms with E-state index >= 15 is 0 Å². The topological polar surface area (TPSA) is 67.4 Å². The van der Waals surface area contributed by atoms with Gasteiger partial charge in [0.05, 0.1) is 18.1 Å². The fourth-order valence-electron chi connectivity index (χ4n) is 2.67. The van der Waals surface area contributed by atoms with Gasteiger partial charge < -0.3 is 15.0 Å². The Labute approximate surface area is 159 Å². The third kappa shape index (κ3) is 3.92. The molecule has 3 aromatic heterocycles. The summed E-state index contributed by atoms with van der Waals surface area (Å²) in [5, 5.41) is 7.58. The number of morpholine rings is 1. The molecule has 1 fully saturated rings. The molecule has 4 heterocycles. The highest BCUT2D eigenvalue weighted by Crippen LogP contribution is 2.27. The lowest BCUT2D eigenvalue weighted by atomic mass is 10.2. The zero-order valence-electron chi connectivity index (χ0n) is 14.1. The molecular formula is C18H18N4O2S2. The maximum absolute atomic E-state index is 12.3. The first kappa shape index (κ1) is 17.1. The van der Waals surface area contributed by atoms with Crippen molar-refractivity contribution in [3.05, 3.63) is 52.5 Å². The van der Waals surface area contributed by atoms with Gasteiger partial charge in [-0.25, -0.2) is 9.97 Å². The minimum absolute atomic E-state index is 0.165. The van der Waals surface area contributed by atoms with Crippen molar-refractivity contribution < 1.29 is 9.53 Å². The molecule has 0 aromatic carbocycles. The van der Waals surface area contributed by atoms with Gasteiger partial charge in [0.1, 0.15) is 16.5 Å². The first-order valence-electron chi connectivity index (χ1n) is 8.35. The summed E-state index contributed by atoms with van der Waals surface area (Å²) >= 11 is 3.11. The molecule has 0 spiro atoms. The van der Waals surface area contributed by atoms with Crippen LogP contribution in [0.2, 0.25) is 0 Å². The van der Waals surface area contributed by atoms with E-state index in [0.717, 1.165) is 47.6 Å². The fraction of sp³-hybridized carbons (Fsp3) is 0.278. The van der Waals surface area contributed by atoms with Crippen LogP contribution in [0.15, 0.2) is 41.2 Å². The summed E-state index contributed by atoms with van der Waals surface area (Å²) in [6, 6.07) is 7.97. The molecule has 0 aliphatic carbocycles. The van der Waals surface area contributed by atoms with Gasteiger partial charge in [0.2, 0.25) is 0 Å². The lowest BCUT2D eigenvalue weighted by molar-refractivity contribution is 0.0946. The van der Waals surface area contributed by atoms with E-state index in [-0.39, 0.29) is 5.91 Å². The van der Waals surface area contributed by atoms with Crippen molar-refractivity contribution in [2.24, 2.45) is 0 Å². The van der Waals surface area contributed by atoms with Gasteiger partial charge in [0.15, 0.2) is 0 Å². The molecule has 4 rings (SSSR count). The highest BCUT2D eigenvalue weighted by Gasteiger charge is 2.14. The number of nitrogens with one attached hydrogen (secondary N) is 1. The maximum atomic E-state index is 12.3. The van der Waals surface area contributed by atoms with Crippen LogP contribution in [0.3, 0.4) is 0 Å². The summed E-state index contributed by atoms with van der Waals surface area (Å²) in [6.07, 6.45) is 1.81. The van der Waals surface area contributed by atoms with Gasteiger partial charge in [-0.3, -0.25) is 4.79 Å². The molecule has 0 unspecified atom stereocenters. The number of thiazole rings is 1. The van der Waals surface area contributed by atoms with E-state index < -0.39 is 0 Å². The third-order valence-corrected chi connectivity index (χ3v) is 5.95. The number of hydrogen-bond donors (Lipinski definition) is 1. The van der Waals surface area contributed by atoms with Crippen molar-refractivity contribution in [2.75, 3.05) is 31.2 Å². The molecular weight excluding hydrogens is 368 g/mol. The van der Waals surface area contributed by atoms with Gasteiger partial charge in [0, 0.05) is 31.2 Å². The minimum atomic E-state index is -0.165. The Bertz CT molecular complexity index is 856. The quantitative estimate of drug-likeness (QED) is 0.730. The first-order valence-corrected chi connectivity index (χ1v) is 10.1. The van der Waals surface area contributed by atoms with Gasteiger partial charge in [-0.15, -0.1) is 22.7 Å². The number of amides is 1. The molecule has 8 heteroatoms. The highest BCUT2D eigenvalue weighted by molar-refractivity contribution is 7.20. The number of ether oxygens (including phenoxy) is 1. The maximum Gasteiger partial charge on any atom is 0.271 e. The van der Waals surface area contributed by atoms with Crippen LogP contribution < -0.4 is 10.2 Å². The van der Waals surface area contributed by atoms with E-state index in [0.29, 0.717) is 12.2 Å². The van der Waals surface area contributed by atoms with Crippen LogP contribution in [0.1, 0.15) is 16.1 Å². The molecule has 26 heavy (non-hydrogen) atoms. The van der Waals surface area contributed by atoms with Gasteiger partial charge in [0.25, 0.3) is 5.91 Å². The molecule has 0 saturated carbocycles. The number of hydrogen-bond acceptors (Lipinski definition) is 7. The van der Waals surface area contributed by atoms with Crippen molar-refractivity contribution in [3.8, 4) is 9.88 Å². The van der Waals surface area contributed by atoms with Crippen molar-refractivity contribution >= 4 is 34.4 Å². The molecule has 1 aliphatic heterocycles. The molecule has 1 amide bonds. The number of aromatic nitrogens is 2. The van der Waals surface area contributed by atoms with Gasteiger partial charge in [-0.2, -0.15) is 0 Å². The number of thiophene rings is 1. The van der Waals surface area contributed by atoms with E-state index in [9.17, 15) is 4.79 Å². The van der Waals surface area contributed by atoms with Crippen LogP contribution >= 0.6 is 22.7 Å². The van der Waals surface area contributed by atoms with Gasteiger partial charge >= 0.3 is 0 Å². The van der Waals surface area contributed by atoms with Crippen molar-refractivity contribution in [3.63, 3.8) is 0 Å². The minimum Gasteiger partial charge on any atom is -0.378 e. The zero-order valence-corrected chi connectivity index (χ0v) is 15.7. The summed E-state index contributed by atoms with van der Waals surface area (Å²) < 4.78 is 5.36. The Balaban J connectivity index is 1.34. The Hall–Kier alpha value is -2.29. The summed E-state index contributed by atoms with van der Waals surface area (Å²) in [4.78, 5) is 24.5. The Morgan fingerprint density at radius 3 is 2.85 bits per heavy atom. The normalized spacial score (nSPS) is 14.4. The SMILES string of the molecule is O=C(NCc1ccc(N2CCOCC2)nc1)c1csc(-c2cccs2)n1. The third-order valence-electron chi connectivity index (χ3n) is 4.07. The molecule has 1 N–H and O–H groups in total. The second kappa shape index (κ2) is 7.94. The number of carbonyl (C=O) groups excluding carboxylic acids is 1. The monoisotopic (exact) mass is 386 g/mol. The van der Waals surface area contributed by atoms with Crippen molar-refractivity contribution in [2.45, 2.75) is 6.54 Å². The molecule has 3 aromatic rings. The van der Waals surface area contributed by atoms with E-state index in [4.69, 9.17) is 4.74 Å². The van der Waals surface area contributed by atoms with Crippen LogP contribution in [0, 0.1) is 0 Å². The molecule has 0 atom stereocenters. The van der Waals surface area contributed by atoms with E-state index in [2.05, 4.69) is 20.2 Å². The van der Waals surface area contributed by atoms with Crippen LogP contribution in [0.4, 0.5) is 5.82 Å². The first-order chi connectivity index (χ1) is 12.8. The Morgan fingerprint density at radius 1 is 1.23 bits per heavy atom. The number of pyridine rings is 1. The van der Waals surface area contributed by atoms with Crippen LogP contribution in [-0.2, 0) is 11.3 Å². The highest BCUT2D eigenvalue weighted by atomic mass is 32.1. The van der Waals surface area contributed by atoms with Crippen LogP contribution in [-0.4, -0.2) is 42.2 Å². The molecule has 1 saturated heterocycles. The van der Waals surface area contributed by atoms with E-state index in [1.165, 1.54) is 11.3 Å². The van der Waals surface area contributed by atoms with E-state index in [1.807, 2.05) is 35.8 Å². The lowest BCUT2D eigenvalue weighted by Crippen LogP contribution is -2.36. The molecule has 6 nitrogen and oxygen atoms in total. The second-order valence-electron chi connectivity index (χ2n) is 5.82. The summed E-state index contributed by atoms with van der Waals surface area (Å²) in [6.45, 7) is 3.63. The van der Waals surface area contributed by atoms with Gasteiger partial charge in [-0.1, -0.05) is 12.1 Å². The average Bonchev–Trinajstić information content (AvgIpc) is 3.39. The molecule has 0 bridgehead atoms. The Kier molecular flexibility index (Phi) is 5.24. The van der Waals surface area contributed by atoms with Gasteiger partial charge in [-0.05, 0) is 23.1 Å². The van der Waals surface area contributed by atoms with Crippen molar-refractivity contribution in [1.29, 1.82) is 0 Å². The fourth-order valence-corrected chi connectivity index (χ4v) is 4.28. The summed E-state index contributed by atoms with van der Waals surface area (Å²) in [7, 11) is 0. The second-order valence-corrected chi connectivity index (χ2v) is 7.63. The number of anilines is 1. The van der Waals surface area contributed by atoms with Crippen LogP contribution in [0.25, 0.3) is 9.88 Å². The zero-order chi connectivity index (χ0) is 17.8. The Morgan fingerprint density at radius 2 is 2.12 bits per heavy atom. The average molecular weight is 387 g/mol. The van der Waals surface area contributed by atoms with E-state index in [1.54, 1.807) is 16.7 Å². The van der Waals surface area contributed by atoms with Crippen LogP contribution in [0.5, 0.6) is 0 Å². The standard InChI is InChI=1S/C18H18N4O2S2/c23-17(14-12-26-18(21-14)15-2-1-9-25-15)20-11-13-3-4-16(19-10-13)22-5-7-24-8-6-22/h1-4,9-10,12H,5-8,11H2,(H,20,23). The predicted molar refractivity (Wildman–Crippen MR) is 104 cm³/mol. The summed E-state index contributed by atoms with van der Waals surface area (Å²) in [5.74, 6) is 0.782. The number of nitrogens with zero attached hydrogens (tertiary/aromatic N) is 3. The molecule has 1 aliphatic rings. The number of rotatable bonds is 5. The largest absolute Gasteiger partial charge is 0.378 e. The predicted octanol–water partition coefficient (Wildman–Crippen LogP) is 3.03. The lowest BCUT2D eigenvalue weighted by Gasteiger charge is -2.27. The smallest absolute Gasteiger partial charge is 0.271 e. The van der Waals surface area contributed by atoms with Crippen molar-refractivity contribution in [1.82, 2.24) is 15.3 Å².